The van der Waals surface area contributed by atoms with Crippen LogP contribution in [0.1, 0.15) is 31.7 Å². The minimum atomic E-state index is -4.59. The Bertz CT molecular complexity index is 1650. The summed E-state index contributed by atoms with van der Waals surface area (Å²) in [7, 11) is -3.08. The number of rotatable bonds is 9. The Morgan fingerprint density at radius 2 is 1.93 bits per heavy atom. The fourth-order valence-corrected chi connectivity index (χ4v) is 6.03. The second-order valence-electron chi connectivity index (χ2n) is 9.30. The van der Waals surface area contributed by atoms with Crippen molar-refractivity contribution >= 4 is 47.7 Å². The number of H-pyrrole nitrogens is 1. The number of nitrogens with zero attached hydrogens (tertiary/aromatic N) is 7. The number of methoxy groups -OCH3 is 1. The van der Waals surface area contributed by atoms with Crippen molar-refractivity contribution in [3.05, 3.63) is 34.5 Å². The zero-order valence-electron chi connectivity index (χ0n) is 21.0. The maximum Gasteiger partial charge on any atom is 0.472 e. The van der Waals surface area contributed by atoms with E-state index in [4.69, 9.17) is 40.6 Å². The van der Waals surface area contributed by atoms with Gasteiger partial charge in [-0.15, -0.1) is 0 Å². The lowest BCUT2D eigenvalue weighted by Gasteiger charge is -2.23. The molecule has 2 saturated heterocycles. The molecule has 0 spiro atoms. The molecule has 6 heterocycles. The largest absolute Gasteiger partial charge is 0.472 e. The van der Waals surface area contributed by atoms with Gasteiger partial charge in [0.2, 0.25) is 5.95 Å². The van der Waals surface area contributed by atoms with E-state index in [9.17, 15) is 14.3 Å². The van der Waals surface area contributed by atoms with Gasteiger partial charge < -0.3 is 24.8 Å². The minimum Gasteiger partial charge on any atom is -0.382 e. The molecule has 4 N–H and O–H groups in total. The molecule has 0 aliphatic carbocycles. The number of aromatic amines is 1. The van der Waals surface area contributed by atoms with Gasteiger partial charge in [-0.1, -0.05) is 11.6 Å². The van der Waals surface area contributed by atoms with Crippen LogP contribution in [-0.4, -0.2) is 82.6 Å². The van der Waals surface area contributed by atoms with Crippen molar-refractivity contribution in [3.63, 3.8) is 0 Å². The zero-order valence-corrected chi connectivity index (χ0v) is 22.6. The fourth-order valence-electron chi connectivity index (χ4n) is 4.91. The highest BCUT2D eigenvalue weighted by Crippen LogP contribution is 2.50. The second-order valence-corrected chi connectivity index (χ2v) is 11.1. The summed E-state index contributed by atoms with van der Waals surface area (Å²) in [6.07, 6.45) is 2.28. The number of anilines is 1. The average Bonchev–Trinajstić information content (AvgIpc) is 3.68. The van der Waals surface area contributed by atoms with E-state index in [0.717, 1.165) is 0 Å². The summed E-state index contributed by atoms with van der Waals surface area (Å²) in [6, 6.07) is 0. The first-order chi connectivity index (χ1) is 19.2. The van der Waals surface area contributed by atoms with Gasteiger partial charge in [0.05, 0.1) is 38.1 Å². The highest BCUT2D eigenvalue weighted by Gasteiger charge is 2.43. The van der Waals surface area contributed by atoms with Crippen LogP contribution < -0.4 is 11.3 Å². The molecule has 40 heavy (non-hydrogen) atoms. The van der Waals surface area contributed by atoms with Crippen molar-refractivity contribution in [3.8, 4) is 0 Å². The average molecular weight is 598 g/mol. The van der Waals surface area contributed by atoms with E-state index in [1.165, 1.54) is 24.3 Å². The Labute approximate surface area is 230 Å². The quantitative estimate of drug-likeness (QED) is 0.183. The summed E-state index contributed by atoms with van der Waals surface area (Å²) in [5, 5.41) is 0.233. The maximum absolute atomic E-state index is 13.0. The third kappa shape index (κ3) is 5.22. The van der Waals surface area contributed by atoms with Crippen LogP contribution >= 0.6 is 19.4 Å². The highest BCUT2D eigenvalue weighted by molar-refractivity contribution is 7.47. The first-order valence-corrected chi connectivity index (χ1v) is 14.1. The summed E-state index contributed by atoms with van der Waals surface area (Å²) < 4.78 is 44.3. The Balaban J connectivity index is 1.13. The molecule has 0 amide bonds. The summed E-state index contributed by atoms with van der Waals surface area (Å²) >= 11 is 6.08. The summed E-state index contributed by atoms with van der Waals surface area (Å²) in [5.74, 6) is -0.117. The van der Waals surface area contributed by atoms with E-state index in [2.05, 4.69) is 29.9 Å². The maximum atomic E-state index is 13.0. The summed E-state index contributed by atoms with van der Waals surface area (Å²) in [4.78, 5) is 45.8. The number of imidazole rings is 2. The number of hydrogen-bond donors (Lipinski definition) is 3. The van der Waals surface area contributed by atoms with Crippen LogP contribution in [0.25, 0.3) is 22.3 Å². The normalized spacial score (nSPS) is 26.6. The van der Waals surface area contributed by atoms with E-state index in [1.54, 1.807) is 10.9 Å². The second kappa shape index (κ2) is 10.8. The molecule has 0 bridgehead atoms. The van der Waals surface area contributed by atoms with E-state index < -0.39 is 44.1 Å². The lowest BCUT2D eigenvalue weighted by Crippen LogP contribution is -2.24. The van der Waals surface area contributed by atoms with Crippen molar-refractivity contribution < 1.29 is 32.7 Å². The van der Waals surface area contributed by atoms with Crippen LogP contribution in [0.15, 0.2) is 23.8 Å². The number of phosphoric ester groups is 1. The van der Waals surface area contributed by atoms with Crippen LogP contribution in [0, 0.1) is 0 Å². The van der Waals surface area contributed by atoms with Gasteiger partial charge in [-0.05, 0) is 12.8 Å². The van der Waals surface area contributed by atoms with Gasteiger partial charge in [0.25, 0.3) is 5.56 Å². The van der Waals surface area contributed by atoms with Crippen molar-refractivity contribution in [1.82, 2.24) is 39.0 Å². The molecule has 6 rings (SSSR count). The van der Waals surface area contributed by atoms with Gasteiger partial charge >= 0.3 is 7.82 Å². The fraction of sp³-hybridized carbons (Fsp3) is 0.524. The molecule has 4 aromatic heterocycles. The molecule has 4 aromatic rings. The third-order valence-electron chi connectivity index (χ3n) is 6.62. The molecule has 3 unspecified atom stereocenters. The molecule has 0 aromatic carbocycles. The standard InChI is InChI=1S/C21H25ClN9O8P/c1-35-5-11-4-12(20(38-11)31-9-27-15-18(31)28-21(23)29-19(15)32)39-40(33,34)36-6-10-2-3-13(37-10)30-8-26-14-16(22)24-7-25-17(14)30/h7-13,20H,2-6H2,1H3,(H,33,34)(H3,23,28,29,32)/t10?,11-,12+,13+,20?/m0/s1. The topological polar surface area (TPSA) is 217 Å². The first-order valence-electron chi connectivity index (χ1n) is 12.2. The molecular formula is C21H25ClN9O8P. The molecular weight excluding hydrogens is 573 g/mol. The van der Waals surface area contributed by atoms with Crippen molar-refractivity contribution in [2.24, 2.45) is 0 Å². The number of ether oxygens (including phenoxy) is 3. The van der Waals surface area contributed by atoms with E-state index >= 15 is 0 Å². The smallest absolute Gasteiger partial charge is 0.382 e. The molecule has 2 fully saturated rings. The molecule has 0 radical (unpaired) electrons. The SMILES string of the molecule is COC[C@@H]1C[C@@H](OP(=O)(O)OCC2CC[C@H](n3cnc4c(Cl)ncnc43)O2)C(n2cnc3c(=O)[nH]c(N)nc32)O1. The lowest BCUT2D eigenvalue weighted by molar-refractivity contribution is -0.0577. The lowest BCUT2D eigenvalue weighted by atomic mass is 10.2. The number of halogens is 1. The molecule has 2 aliphatic heterocycles. The molecule has 2 aliphatic rings. The Kier molecular flexibility index (Phi) is 7.30. The third-order valence-corrected chi connectivity index (χ3v) is 7.91. The predicted octanol–water partition coefficient (Wildman–Crippen LogP) is 1.31. The first kappa shape index (κ1) is 27.2. The van der Waals surface area contributed by atoms with Crippen molar-refractivity contribution in [1.29, 1.82) is 0 Å². The van der Waals surface area contributed by atoms with Crippen LogP contribution in [0.4, 0.5) is 5.95 Å². The Morgan fingerprint density at radius 1 is 1.12 bits per heavy atom. The van der Waals surface area contributed by atoms with Crippen molar-refractivity contribution in [2.45, 2.75) is 50.0 Å². The number of phosphoric acid groups is 1. The van der Waals surface area contributed by atoms with Crippen LogP contribution in [0.5, 0.6) is 0 Å². The van der Waals surface area contributed by atoms with Gasteiger partial charge in [-0.2, -0.15) is 4.98 Å². The highest BCUT2D eigenvalue weighted by atomic mass is 35.5. The summed E-state index contributed by atoms with van der Waals surface area (Å²) in [5.41, 5.74) is 6.31. The number of fused-ring (bicyclic) bond motifs is 2. The van der Waals surface area contributed by atoms with E-state index in [-0.39, 0.29) is 41.9 Å². The van der Waals surface area contributed by atoms with Gasteiger partial charge in [-0.25, -0.2) is 24.5 Å². The molecule has 214 valence electrons. The predicted molar refractivity (Wildman–Crippen MR) is 137 cm³/mol. The molecule has 17 nitrogen and oxygen atoms in total. The van der Waals surface area contributed by atoms with Crippen LogP contribution in [-0.2, 0) is 27.8 Å². The van der Waals surface area contributed by atoms with Crippen LogP contribution in [0.2, 0.25) is 5.15 Å². The van der Waals surface area contributed by atoms with E-state index in [1.807, 2.05) is 0 Å². The van der Waals surface area contributed by atoms with Gasteiger partial charge in [0.15, 0.2) is 28.2 Å². The van der Waals surface area contributed by atoms with E-state index in [0.29, 0.717) is 24.0 Å². The van der Waals surface area contributed by atoms with Crippen LogP contribution in [0.3, 0.4) is 0 Å². The Hall–Kier alpha value is -3.02. The van der Waals surface area contributed by atoms with Crippen molar-refractivity contribution in [2.75, 3.05) is 26.1 Å². The number of aromatic nitrogens is 8. The number of hydrogen-bond acceptors (Lipinski definition) is 13. The number of nitrogen functional groups attached to an aromatic ring is 1. The number of nitrogens with one attached hydrogen (secondary N) is 1. The van der Waals surface area contributed by atoms with Gasteiger partial charge in [0, 0.05) is 13.5 Å². The summed E-state index contributed by atoms with van der Waals surface area (Å²) in [6.45, 7) is -0.0000427. The molecule has 6 atom stereocenters. The zero-order chi connectivity index (χ0) is 28.0. The monoisotopic (exact) mass is 597 g/mol. The van der Waals surface area contributed by atoms with Gasteiger partial charge in [-0.3, -0.25) is 28.0 Å². The molecule has 19 heteroatoms. The molecule has 0 saturated carbocycles. The Morgan fingerprint density at radius 3 is 2.75 bits per heavy atom. The number of nitrogens with two attached hydrogens (primary N) is 1. The van der Waals surface area contributed by atoms with Gasteiger partial charge in [0.1, 0.15) is 24.2 Å². The minimum absolute atomic E-state index is 0.0301.